The van der Waals surface area contributed by atoms with Gasteiger partial charge in [0.1, 0.15) is 0 Å². The summed E-state index contributed by atoms with van der Waals surface area (Å²) in [7, 11) is 0. The minimum absolute atomic E-state index is 0.226. The van der Waals surface area contributed by atoms with Crippen LogP contribution in [0.4, 0.5) is 26.3 Å². The van der Waals surface area contributed by atoms with Crippen molar-refractivity contribution < 1.29 is 45.4 Å². The van der Waals surface area contributed by atoms with Crippen LogP contribution in [-0.4, -0.2) is 30.6 Å². The van der Waals surface area contributed by atoms with Crippen LogP contribution in [0.1, 0.15) is 12.8 Å². The van der Waals surface area contributed by atoms with E-state index in [2.05, 4.69) is 9.47 Å². The lowest BCUT2D eigenvalue weighted by atomic mass is 10.3. The van der Waals surface area contributed by atoms with Crippen molar-refractivity contribution in [3.8, 4) is 5.75 Å². The first-order valence-corrected chi connectivity index (χ1v) is 6.56. The number of halogens is 7. The summed E-state index contributed by atoms with van der Waals surface area (Å²) in [5.74, 6) is -9.38. The van der Waals surface area contributed by atoms with Crippen LogP contribution < -0.4 is 4.74 Å². The SMILES string of the molecule is O=C(CCC(=O)Oc1c(F)cccc1Cl)OCC(F)(F)C(F)(F)F. The summed E-state index contributed by atoms with van der Waals surface area (Å²) in [6.07, 6.45) is -7.44. The number of benzene rings is 1. The fraction of sp³-hybridized carbons (Fsp3) is 0.385. The topological polar surface area (TPSA) is 52.6 Å². The minimum atomic E-state index is -5.87. The highest BCUT2D eigenvalue weighted by Crippen LogP contribution is 2.35. The third-order valence-corrected chi connectivity index (χ3v) is 2.79. The minimum Gasteiger partial charge on any atom is -0.459 e. The number of ether oxygens (including phenoxy) is 2. The normalized spacial score (nSPS) is 12.0. The summed E-state index contributed by atoms with van der Waals surface area (Å²) < 4.78 is 82.2. The predicted octanol–water partition coefficient (Wildman–Crippen LogP) is 3.91. The van der Waals surface area contributed by atoms with Crippen molar-refractivity contribution in [3.05, 3.63) is 29.0 Å². The molecule has 0 bridgehead atoms. The second-order valence-electron chi connectivity index (χ2n) is 4.39. The zero-order valence-electron chi connectivity index (χ0n) is 11.6. The molecule has 0 saturated carbocycles. The van der Waals surface area contributed by atoms with Gasteiger partial charge in [0.25, 0.3) is 0 Å². The molecular weight excluding hydrogens is 370 g/mol. The number of hydrogen-bond donors (Lipinski definition) is 0. The Balaban J connectivity index is 2.46. The molecule has 0 radical (unpaired) electrons. The fourth-order valence-electron chi connectivity index (χ4n) is 1.27. The highest BCUT2D eigenvalue weighted by atomic mass is 35.5. The van der Waals surface area contributed by atoms with Crippen LogP contribution in [0.25, 0.3) is 0 Å². The molecule has 1 aromatic carbocycles. The van der Waals surface area contributed by atoms with E-state index in [-0.39, 0.29) is 5.02 Å². The van der Waals surface area contributed by atoms with E-state index >= 15 is 0 Å². The van der Waals surface area contributed by atoms with Crippen LogP contribution >= 0.6 is 11.6 Å². The average molecular weight is 379 g/mol. The van der Waals surface area contributed by atoms with E-state index in [0.29, 0.717) is 0 Å². The van der Waals surface area contributed by atoms with Crippen LogP contribution in [0.15, 0.2) is 18.2 Å². The molecule has 0 N–H and O–H groups in total. The fourth-order valence-corrected chi connectivity index (χ4v) is 1.48. The Kier molecular flexibility index (Phi) is 6.47. The second kappa shape index (κ2) is 7.73. The van der Waals surface area contributed by atoms with Gasteiger partial charge in [-0.1, -0.05) is 17.7 Å². The number of esters is 2. The molecule has 0 atom stereocenters. The third kappa shape index (κ3) is 5.59. The molecule has 0 fully saturated rings. The van der Waals surface area contributed by atoms with Crippen molar-refractivity contribution in [2.45, 2.75) is 24.9 Å². The third-order valence-electron chi connectivity index (χ3n) is 2.50. The van der Waals surface area contributed by atoms with Crippen LogP contribution in [-0.2, 0) is 14.3 Å². The van der Waals surface area contributed by atoms with E-state index < -0.39 is 55.1 Å². The number of para-hydroxylation sites is 1. The Morgan fingerprint density at radius 2 is 1.62 bits per heavy atom. The van der Waals surface area contributed by atoms with Gasteiger partial charge >= 0.3 is 24.0 Å². The lowest BCUT2D eigenvalue weighted by Gasteiger charge is -2.18. The lowest BCUT2D eigenvalue weighted by molar-refractivity contribution is -0.294. The molecule has 0 aliphatic rings. The van der Waals surface area contributed by atoms with Gasteiger partial charge in [-0.15, -0.1) is 0 Å². The van der Waals surface area contributed by atoms with Crippen LogP contribution in [0, 0.1) is 5.82 Å². The molecule has 1 rings (SSSR count). The smallest absolute Gasteiger partial charge is 0.456 e. The molecule has 0 aliphatic heterocycles. The molecular formula is C13H9ClF6O4. The molecule has 4 nitrogen and oxygen atoms in total. The zero-order chi connectivity index (χ0) is 18.5. The van der Waals surface area contributed by atoms with Gasteiger partial charge in [-0.3, -0.25) is 9.59 Å². The van der Waals surface area contributed by atoms with Gasteiger partial charge in [-0.05, 0) is 12.1 Å². The van der Waals surface area contributed by atoms with Gasteiger partial charge < -0.3 is 9.47 Å². The van der Waals surface area contributed by atoms with E-state index in [1.165, 1.54) is 12.1 Å². The first kappa shape index (κ1) is 20.1. The Morgan fingerprint density at radius 3 is 2.17 bits per heavy atom. The lowest BCUT2D eigenvalue weighted by Crippen LogP contribution is -2.41. The molecule has 0 aliphatic carbocycles. The van der Waals surface area contributed by atoms with Crippen molar-refractivity contribution in [2.75, 3.05) is 6.61 Å². The number of hydrogen-bond acceptors (Lipinski definition) is 4. The summed E-state index contributed by atoms with van der Waals surface area (Å²) in [6, 6.07) is 3.41. The quantitative estimate of drug-likeness (QED) is 0.428. The Labute approximate surface area is 136 Å². The standard InChI is InChI=1S/C13H9ClF6O4/c14-7-2-1-3-8(15)11(7)24-10(22)5-4-9(21)23-6-12(16,17)13(18,19)20/h1-3H,4-6H2. The first-order valence-electron chi connectivity index (χ1n) is 6.19. The van der Waals surface area contributed by atoms with Gasteiger partial charge in [0, 0.05) is 0 Å². The van der Waals surface area contributed by atoms with Crippen molar-refractivity contribution in [1.29, 1.82) is 0 Å². The summed E-state index contributed by atoms with van der Waals surface area (Å²) in [5.41, 5.74) is 0. The van der Waals surface area contributed by atoms with Gasteiger partial charge in [0.2, 0.25) is 0 Å². The van der Waals surface area contributed by atoms with Gasteiger partial charge in [0.15, 0.2) is 18.2 Å². The second-order valence-corrected chi connectivity index (χ2v) is 4.79. The molecule has 0 amide bonds. The highest BCUT2D eigenvalue weighted by molar-refractivity contribution is 6.32. The maximum absolute atomic E-state index is 13.3. The number of rotatable bonds is 6. The summed E-state index contributed by atoms with van der Waals surface area (Å²) in [6.45, 7) is -2.20. The Hall–Kier alpha value is -1.97. The molecule has 0 heterocycles. The highest BCUT2D eigenvalue weighted by Gasteiger charge is 2.58. The van der Waals surface area contributed by atoms with Crippen molar-refractivity contribution in [2.24, 2.45) is 0 Å². The van der Waals surface area contributed by atoms with Crippen LogP contribution in [0.2, 0.25) is 5.02 Å². The van der Waals surface area contributed by atoms with Gasteiger partial charge in [0.05, 0.1) is 17.9 Å². The molecule has 11 heteroatoms. The Bertz CT molecular complexity index is 597. The number of carbonyl (C=O) groups excluding carboxylic acids is 2. The molecule has 134 valence electrons. The summed E-state index contributed by atoms with van der Waals surface area (Å²) in [4.78, 5) is 22.5. The largest absolute Gasteiger partial charge is 0.459 e. The van der Waals surface area contributed by atoms with Gasteiger partial charge in [-0.2, -0.15) is 22.0 Å². The molecule has 0 unspecified atom stereocenters. The zero-order valence-corrected chi connectivity index (χ0v) is 12.4. The van der Waals surface area contributed by atoms with Crippen molar-refractivity contribution >= 4 is 23.5 Å². The molecule has 0 spiro atoms. The summed E-state index contributed by atoms with van der Waals surface area (Å²) >= 11 is 5.58. The molecule has 24 heavy (non-hydrogen) atoms. The van der Waals surface area contributed by atoms with E-state index in [9.17, 15) is 35.9 Å². The number of alkyl halides is 5. The monoisotopic (exact) mass is 378 g/mol. The maximum Gasteiger partial charge on any atom is 0.456 e. The molecule has 0 aromatic heterocycles. The Morgan fingerprint density at radius 1 is 1.04 bits per heavy atom. The molecule has 1 aromatic rings. The maximum atomic E-state index is 13.3. The summed E-state index contributed by atoms with van der Waals surface area (Å²) in [5, 5.41) is -0.226. The van der Waals surface area contributed by atoms with Crippen LogP contribution in [0.5, 0.6) is 5.75 Å². The van der Waals surface area contributed by atoms with Crippen molar-refractivity contribution in [1.82, 2.24) is 0 Å². The van der Waals surface area contributed by atoms with Crippen LogP contribution in [0.3, 0.4) is 0 Å². The predicted molar refractivity (Wildman–Crippen MR) is 68.2 cm³/mol. The average Bonchev–Trinajstić information content (AvgIpc) is 2.46. The first-order chi connectivity index (χ1) is 10.9. The van der Waals surface area contributed by atoms with E-state index in [0.717, 1.165) is 6.07 Å². The van der Waals surface area contributed by atoms with Gasteiger partial charge in [-0.25, -0.2) is 4.39 Å². The van der Waals surface area contributed by atoms with E-state index in [4.69, 9.17) is 11.6 Å². The molecule has 0 saturated heterocycles. The van der Waals surface area contributed by atoms with E-state index in [1.807, 2.05) is 0 Å². The van der Waals surface area contributed by atoms with E-state index in [1.54, 1.807) is 0 Å². The van der Waals surface area contributed by atoms with Crippen molar-refractivity contribution in [3.63, 3.8) is 0 Å². The number of carbonyl (C=O) groups is 2.